The minimum Gasteiger partial charge on any atom is -0.311 e. The number of aromatic nitrogens is 2. The Bertz CT molecular complexity index is 417. The highest BCUT2D eigenvalue weighted by Crippen LogP contribution is 2.59. The fraction of sp³-hybridized carbons (Fsp3) is 0.750. The Morgan fingerprint density at radius 3 is 2.26 bits per heavy atom. The van der Waals surface area contributed by atoms with Gasteiger partial charge in [0.15, 0.2) is 0 Å². The highest BCUT2D eigenvalue weighted by atomic mass is 14.9. The second kappa shape index (κ2) is 4.55. The van der Waals surface area contributed by atoms with E-state index in [1.165, 1.54) is 32.1 Å². The molecule has 1 aromatic rings. The Balaban J connectivity index is 1.64. The standard InChI is InChI=1S/C16H23N3/c1-17-16(14-9-18-2-3-19-14)15-12-5-10-4-11(7-12)8-13(15)6-10/h2-3,9-13,15-17H,4-8H2,1H3. The van der Waals surface area contributed by atoms with Gasteiger partial charge in [0.2, 0.25) is 0 Å². The number of hydrogen-bond donors (Lipinski definition) is 1. The zero-order chi connectivity index (χ0) is 12.8. The minimum absolute atomic E-state index is 0.406. The number of nitrogens with zero attached hydrogens (tertiary/aromatic N) is 2. The summed E-state index contributed by atoms with van der Waals surface area (Å²) in [6, 6.07) is 0.406. The molecule has 4 aliphatic rings. The van der Waals surface area contributed by atoms with Gasteiger partial charge in [-0.25, -0.2) is 0 Å². The van der Waals surface area contributed by atoms with Crippen molar-refractivity contribution in [3.05, 3.63) is 24.3 Å². The van der Waals surface area contributed by atoms with Crippen LogP contribution in [0.2, 0.25) is 0 Å². The molecule has 4 saturated carbocycles. The van der Waals surface area contributed by atoms with Gasteiger partial charge in [0.05, 0.1) is 11.7 Å². The zero-order valence-electron chi connectivity index (χ0n) is 11.6. The van der Waals surface area contributed by atoms with Gasteiger partial charge in [-0.2, -0.15) is 0 Å². The zero-order valence-corrected chi connectivity index (χ0v) is 11.6. The molecule has 0 saturated heterocycles. The Morgan fingerprint density at radius 1 is 1.05 bits per heavy atom. The van der Waals surface area contributed by atoms with E-state index in [-0.39, 0.29) is 0 Å². The van der Waals surface area contributed by atoms with Crippen LogP contribution in [0.25, 0.3) is 0 Å². The van der Waals surface area contributed by atoms with E-state index in [1.54, 1.807) is 6.20 Å². The highest BCUT2D eigenvalue weighted by molar-refractivity contribution is 5.10. The number of hydrogen-bond acceptors (Lipinski definition) is 3. The molecule has 3 nitrogen and oxygen atoms in total. The van der Waals surface area contributed by atoms with E-state index in [4.69, 9.17) is 0 Å². The molecule has 102 valence electrons. The second-order valence-electron chi connectivity index (χ2n) is 6.90. The first-order valence-corrected chi connectivity index (χ1v) is 7.78. The highest BCUT2D eigenvalue weighted by Gasteiger charge is 2.50. The van der Waals surface area contributed by atoms with Crippen molar-refractivity contribution in [2.24, 2.45) is 29.6 Å². The lowest BCUT2D eigenvalue weighted by Gasteiger charge is -2.56. The lowest BCUT2D eigenvalue weighted by molar-refractivity contribution is -0.0521. The van der Waals surface area contributed by atoms with Crippen LogP contribution in [0.3, 0.4) is 0 Å². The van der Waals surface area contributed by atoms with Gasteiger partial charge in [-0.3, -0.25) is 9.97 Å². The first-order valence-electron chi connectivity index (χ1n) is 7.78. The number of rotatable bonds is 3. The first-order chi connectivity index (χ1) is 9.35. The van der Waals surface area contributed by atoms with Crippen LogP contribution in [0.15, 0.2) is 18.6 Å². The van der Waals surface area contributed by atoms with Crippen LogP contribution in [0.1, 0.15) is 43.8 Å². The topological polar surface area (TPSA) is 37.8 Å². The molecular formula is C16H23N3. The van der Waals surface area contributed by atoms with Crippen molar-refractivity contribution in [1.29, 1.82) is 0 Å². The third-order valence-corrected chi connectivity index (χ3v) is 5.90. The molecule has 0 spiro atoms. The molecule has 1 aromatic heterocycles. The molecule has 4 fully saturated rings. The van der Waals surface area contributed by atoms with Crippen molar-refractivity contribution < 1.29 is 0 Å². The van der Waals surface area contributed by atoms with Crippen molar-refractivity contribution in [3.63, 3.8) is 0 Å². The third kappa shape index (κ3) is 1.90. The molecule has 1 atom stereocenters. The lowest BCUT2D eigenvalue weighted by Crippen LogP contribution is -2.49. The summed E-state index contributed by atoms with van der Waals surface area (Å²) in [5, 5.41) is 3.54. The van der Waals surface area contributed by atoms with E-state index in [0.717, 1.165) is 35.3 Å². The molecule has 0 amide bonds. The maximum absolute atomic E-state index is 4.56. The summed E-state index contributed by atoms with van der Waals surface area (Å²) in [6.07, 6.45) is 12.9. The first kappa shape index (κ1) is 11.8. The smallest absolute Gasteiger partial charge is 0.0758 e. The largest absolute Gasteiger partial charge is 0.311 e. The van der Waals surface area contributed by atoms with Gasteiger partial charge in [-0.05, 0) is 68.7 Å². The molecule has 0 aromatic carbocycles. The van der Waals surface area contributed by atoms with Crippen LogP contribution in [0, 0.1) is 29.6 Å². The van der Waals surface area contributed by atoms with Crippen molar-refractivity contribution in [1.82, 2.24) is 15.3 Å². The average molecular weight is 257 g/mol. The Kier molecular flexibility index (Phi) is 2.83. The van der Waals surface area contributed by atoms with Crippen LogP contribution in [0.4, 0.5) is 0 Å². The van der Waals surface area contributed by atoms with E-state index in [0.29, 0.717) is 6.04 Å². The maximum atomic E-state index is 4.56. The Hall–Kier alpha value is -0.960. The third-order valence-electron chi connectivity index (χ3n) is 5.90. The van der Waals surface area contributed by atoms with Gasteiger partial charge in [-0.1, -0.05) is 0 Å². The van der Waals surface area contributed by atoms with E-state index in [9.17, 15) is 0 Å². The van der Waals surface area contributed by atoms with Crippen LogP contribution >= 0.6 is 0 Å². The molecule has 1 heterocycles. The summed E-state index contributed by atoms with van der Waals surface area (Å²) in [7, 11) is 2.09. The van der Waals surface area contributed by atoms with Crippen molar-refractivity contribution in [3.8, 4) is 0 Å². The average Bonchev–Trinajstić information content (AvgIpc) is 2.43. The fourth-order valence-electron chi connectivity index (χ4n) is 5.52. The molecule has 19 heavy (non-hydrogen) atoms. The Morgan fingerprint density at radius 2 is 1.74 bits per heavy atom. The minimum atomic E-state index is 0.406. The van der Waals surface area contributed by atoms with Gasteiger partial charge in [0.1, 0.15) is 0 Å². The van der Waals surface area contributed by atoms with Gasteiger partial charge >= 0.3 is 0 Å². The maximum Gasteiger partial charge on any atom is 0.0758 e. The van der Waals surface area contributed by atoms with Crippen LogP contribution in [-0.2, 0) is 0 Å². The summed E-state index contributed by atoms with van der Waals surface area (Å²) >= 11 is 0. The summed E-state index contributed by atoms with van der Waals surface area (Å²) in [5.41, 5.74) is 1.14. The summed E-state index contributed by atoms with van der Waals surface area (Å²) < 4.78 is 0. The van der Waals surface area contributed by atoms with Gasteiger partial charge in [-0.15, -0.1) is 0 Å². The molecule has 1 N–H and O–H groups in total. The van der Waals surface area contributed by atoms with E-state index < -0.39 is 0 Å². The summed E-state index contributed by atoms with van der Waals surface area (Å²) in [5.74, 6) is 4.72. The monoisotopic (exact) mass is 257 g/mol. The summed E-state index contributed by atoms with van der Waals surface area (Å²) in [6.45, 7) is 0. The van der Waals surface area contributed by atoms with Crippen LogP contribution < -0.4 is 5.32 Å². The molecule has 4 aliphatic carbocycles. The number of nitrogens with one attached hydrogen (secondary N) is 1. The summed E-state index contributed by atoms with van der Waals surface area (Å²) in [4.78, 5) is 8.82. The van der Waals surface area contributed by atoms with Crippen molar-refractivity contribution in [2.45, 2.75) is 38.1 Å². The Labute approximate surface area is 115 Å². The second-order valence-corrected chi connectivity index (χ2v) is 6.90. The van der Waals surface area contributed by atoms with E-state index in [2.05, 4.69) is 22.3 Å². The lowest BCUT2D eigenvalue weighted by atomic mass is 9.50. The normalized spacial score (nSPS) is 41.4. The van der Waals surface area contributed by atoms with Crippen LogP contribution in [-0.4, -0.2) is 17.0 Å². The molecule has 3 heteroatoms. The SMILES string of the molecule is CNC(c1cnccn1)C1C2CC3CC(C2)CC1C3. The van der Waals surface area contributed by atoms with Gasteiger partial charge in [0.25, 0.3) is 0 Å². The van der Waals surface area contributed by atoms with Gasteiger partial charge in [0, 0.05) is 18.6 Å². The molecular weight excluding hydrogens is 234 g/mol. The van der Waals surface area contributed by atoms with Crippen molar-refractivity contribution >= 4 is 0 Å². The fourth-order valence-corrected chi connectivity index (χ4v) is 5.52. The van der Waals surface area contributed by atoms with E-state index >= 15 is 0 Å². The molecule has 5 rings (SSSR count). The predicted molar refractivity (Wildman–Crippen MR) is 74.4 cm³/mol. The van der Waals surface area contributed by atoms with Gasteiger partial charge < -0.3 is 5.32 Å². The van der Waals surface area contributed by atoms with E-state index in [1.807, 2.05) is 12.4 Å². The molecule has 1 unspecified atom stereocenters. The predicted octanol–water partition coefficient (Wildman–Crippen LogP) is 2.81. The van der Waals surface area contributed by atoms with Crippen LogP contribution in [0.5, 0.6) is 0 Å². The molecule has 0 radical (unpaired) electrons. The molecule has 0 aliphatic heterocycles. The molecule has 4 bridgehead atoms. The quantitative estimate of drug-likeness (QED) is 0.905. The van der Waals surface area contributed by atoms with Crippen molar-refractivity contribution in [2.75, 3.05) is 7.05 Å².